The van der Waals surface area contributed by atoms with E-state index in [-0.39, 0.29) is 29.0 Å². The van der Waals surface area contributed by atoms with E-state index >= 15 is 0 Å². The summed E-state index contributed by atoms with van der Waals surface area (Å²) in [7, 11) is -6.06. The minimum atomic E-state index is -3.79. The van der Waals surface area contributed by atoms with Gasteiger partial charge in [0.25, 0.3) is 0 Å². The summed E-state index contributed by atoms with van der Waals surface area (Å²) in [5.41, 5.74) is 0.356. The lowest BCUT2D eigenvalue weighted by Gasteiger charge is -2.38. The third-order valence-corrected chi connectivity index (χ3v) is 10.9. The van der Waals surface area contributed by atoms with E-state index in [4.69, 9.17) is 9.47 Å². The quantitative estimate of drug-likeness (QED) is 0.256. The molecule has 220 valence electrons. The molecular formula is C26H32N6O7S2. The number of benzene rings is 1. The van der Waals surface area contributed by atoms with Crippen LogP contribution in [0.25, 0.3) is 11.0 Å². The number of nitrogens with one attached hydrogen (secondary N) is 3. The Morgan fingerprint density at radius 1 is 1.27 bits per heavy atom. The highest BCUT2D eigenvalue weighted by molar-refractivity contribution is 7.89. The van der Waals surface area contributed by atoms with Crippen molar-refractivity contribution in [2.45, 2.75) is 46.8 Å². The lowest BCUT2D eigenvalue weighted by molar-refractivity contribution is -0.0312. The maximum absolute atomic E-state index is 13.3. The van der Waals surface area contributed by atoms with Gasteiger partial charge in [-0.15, -0.1) is 0 Å². The molecule has 41 heavy (non-hydrogen) atoms. The van der Waals surface area contributed by atoms with Gasteiger partial charge in [0.15, 0.2) is 0 Å². The van der Waals surface area contributed by atoms with Crippen LogP contribution in [0.2, 0.25) is 0 Å². The first-order valence-electron chi connectivity index (χ1n) is 13.1. The Balaban J connectivity index is 1.10. The zero-order valence-corrected chi connectivity index (χ0v) is 24.0. The van der Waals surface area contributed by atoms with Crippen LogP contribution in [0.3, 0.4) is 0 Å². The molecule has 3 aromatic rings. The van der Waals surface area contributed by atoms with E-state index in [9.17, 15) is 27.2 Å². The van der Waals surface area contributed by atoms with Crippen LogP contribution in [0, 0.1) is 11.3 Å². The van der Waals surface area contributed by atoms with E-state index in [2.05, 4.69) is 20.0 Å². The number of rotatable bonds is 10. The molecule has 0 bridgehead atoms. The Hall–Kier alpha value is -3.10. The number of aromatic amines is 1. The van der Waals surface area contributed by atoms with Crippen LogP contribution in [0.1, 0.15) is 24.8 Å². The molecule has 0 saturated carbocycles. The fourth-order valence-electron chi connectivity index (χ4n) is 5.23. The predicted molar refractivity (Wildman–Crippen MR) is 148 cm³/mol. The maximum Gasteiger partial charge on any atom is 0.244 e. The molecule has 0 amide bonds. The number of hydrogen-bond donors (Lipinski definition) is 4. The van der Waals surface area contributed by atoms with Crippen molar-refractivity contribution in [1.82, 2.24) is 24.3 Å². The monoisotopic (exact) mass is 604 g/mol. The molecule has 1 unspecified atom stereocenters. The van der Waals surface area contributed by atoms with Gasteiger partial charge in [-0.05, 0) is 44.5 Å². The maximum atomic E-state index is 13.3. The number of piperidine rings is 1. The fraction of sp³-hybridized carbons (Fsp3) is 0.462. The Bertz CT molecular complexity index is 1660. The summed E-state index contributed by atoms with van der Waals surface area (Å²) >= 11 is 0. The highest BCUT2D eigenvalue weighted by Crippen LogP contribution is 2.37. The van der Waals surface area contributed by atoms with Crippen molar-refractivity contribution in [2.75, 3.05) is 39.9 Å². The summed E-state index contributed by atoms with van der Waals surface area (Å²) in [4.78, 5) is 7.16. The number of aliphatic hydroxyl groups is 1. The molecule has 2 aromatic heterocycles. The van der Waals surface area contributed by atoms with Crippen LogP contribution < -0.4 is 14.8 Å². The highest BCUT2D eigenvalue weighted by Gasteiger charge is 2.44. The normalized spacial score (nSPS) is 20.3. The standard InChI is InChI=1S/C26H32N6O7S2/c1-28-40(34,35)22-4-2-3-21(9-22)38-17-20(33)14-29-19-11-26(39-16-19)5-7-32(8-6-26)41(36,37)23-10-24-18(12-27)13-30-25(24)31-15-23/h2-4,9-10,13,15,19-20,28-29,33H,5-8,11,14,16-17H2,1H3,(H,30,31)/t19-,20?/m1/s1. The minimum Gasteiger partial charge on any atom is -0.491 e. The van der Waals surface area contributed by atoms with Crippen molar-refractivity contribution in [3.63, 3.8) is 0 Å². The molecule has 0 radical (unpaired) electrons. The average Bonchev–Trinajstić information content (AvgIpc) is 3.58. The van der Waals surface area contributed by atoms with Gasteiger partial charge in [-0.25, -0.2) is 26.5 Å². The molecule has 0 aliphatic carbocycles. The second kappa shape index (κ2) is 11.6. The summed E-state index contributed by atoms with van der Waals surface area (Å²) in [5.74, 6) is 0.333. The molecule has 2 saturated heterocycles. The molecule has 1 aromatic carbocycles. The van der Waals surface area contributed by atoms with Gasteiger partial charge in [-0.2, -0.15) is 9.57 Å². The van der Waals surface area contributed by atoms with Crippen molar-refractivity contribution >= 4 is 31.1 Å². The molecule has 5 rings (SSSR count). The molecule has 2 aliphatic heterocycles. The largest absolute Gasteiger partial charge is 0.491 e. The Morgan fingerprint density at radius 2 is 2.05 bits per heavy atom. The Labute approximate surface area is 238 Å². The Morgan fingerprint density at radius 3 is 2.78 bits per heavy atom. The second-order valence-corrected chi connectivity index (χ2v) is 14.1. The lowest BCUT2D eigenvalue weighted by atomic mass is 9.88. The number of nitrogens with zero attached hydrogens (tertiary/aromatic N) is 3. The number of pyridine rings is 1. The first kappa shape index (κ1) is 29.4. The molecule has 2 atom stereocenters. The summed E-state index contributed by atoms with van der Waals surface area (Å²) < 4.78 is 66.0. The van der Waals surface area contributed by atoms with E-state index in [1.54, 1.807) is 12.1 Å². The van der Waals surface area contributed by atoms with Crippen LogP contribution in [0.4, 0.5) is 0 Å². The van der Waals surface area contributed by atoms with Crippen molar-refractivity contribution in [1.29, 1.82) is 5.26 Å². The molecule has 15 heteroatoms. The number of ether oxygens (including phenoxy) is 2. The number of aromatic nitrogens is 2. The number of fused-ring (bicyclic) bond motifs is 1. The van der Waals surface area contributed by atoms with Crippen molar-refractivity contribution in [3.8, 4) is 11.8 Å². The molecule has 13 nitrogen and oxygen atoms in total. The lowest BCUT2D eigenvalue weighted by Crippen LogP contribution is -2.47. The van der Waals surface area contributed by atoms with Crippen LogP contribution in [-0.4, -0.2) is 93.9 Å². The minimum absolute atomic E-state index is 0.0125. The van der Waals surface area contributed by atoms with E-state index in [1.165, 1.54) is 41.9 Å². The predicted octanol–water partition coefficient (Wildman–Crippen LogP) is 0.684. The SMILES string of the molecule is CNS(=O)(=O)c1cccc(OCC(O)CN[C@H]2COC3(CCN(S(=O)(=O)c4cnc5[nH]cc(C#N)c5c4)CC3)C2)c1. The number of nitriles is 1. The molecule has 1 spiro atoms. The average molecular weight is 605 g/mol. The zero-order valence-electron chi connectivity index (χ0n) is 22.4. The highest BCUT2D eigenvalue weighted by atomic mass is 32.2. The van der Waals surface area contributed by atoms with Crippen molar-refractivity contribution < 1.29 is 31.4 Å². The van der Waals surface area contributed by atoms with Crippen molar-refractivity contribution in [2.24, 2.45) is 0 Å². The number of hydrogen-bond acceptors (Lipinski definition) is 10. The summed E-state index contributed by atoms with van der Waals surface area (Å²) in [6.45, 7) is 1.25. The van der Waals surface area contributed by atoms with Crippen LogP contribution in [0.5, 0.6) is 5.75 Å². The molecule has 4 heterocycles. The van der Waals surface area contributed by atoms with Crippen LogP contribution >= 0.6 is 0 Å². The van der Waals surface area contributed by atoms with E-state index < -0.39 is 31.8 Å². The first-order chi connectivity index (χ1) is 19.5. The number of H-pyrrole nitrogens is 1. The van der Waals surface area contributed by atoms with Gasteiger partial charge in [0, 0.05) is 49.5 Å². The molecule has 2 aliphatic rings. The summed E-state index contributed by atoms with van der Waals surface area (Å²) in [6.07, 6.45) is 3.72. The van der Waals surface area contributed by atoms with Gasteiger partial charge in [0.1, 0.15) is 35.1 Å². The second-order valence-electron chi connectivity index (χ2n) is 10.2. The molecular weight excluding hydrogens is 572 g/mol. The van der Waals surface area contributed by atoms with Gasteiger partial charge < -0.3 is 24.9 Å². The smallest absolute Gasteiger partial charge is 0.244 e. The van der Waals surface area contributed by atoms with Crippen molar-refractivity contribution in [3.05, 3.63) is 48.3 Å². The van der Waals surface area contributed by atoms with E-state index in [1.807, 2.05) is 6.07 Å². The van der Waals surface area contributed by atoms with Gasteiger partial charge in [-0.3, -0.25) is 0 Å². The van der Waals surface area contributed by atoms with E-state index in [0.717, 1.165) is 0 Å². The fourth-order valence-corrected chi connectivity index (χ4v) is 7.41. The summed E-state index contributed by atoms with van der Waals surface area (Å²) in [6, 6.07) is 9.55. The first-order valence-corrected chi connectivity index (χ1v) is 16.1. The molecule has 4 N–H and O–H groups in total. The number of sulfonamides is 2. The molecule has 2 fully saturated rings. The van der Waals surface area contributed by atoms with Gasteiger partial charge in [-0.1, -0.05) is 6.07 Å². The van der Waals surface area contributed by atoms with Gasteiger partial charge >= 0.3 is 0 Å². The third kappa shape index (κ3) is 6.24. The van der Waals surface area contributed by atoms with Crippen LogP contribution in [-0.2, 0) is 24.8 Å². The topological polar surface area (TPSA) is 187 Å². The zero-order chi connectivity index (χ0) is 29.3. The van der Waals surface area contributed by atoms with E-state index in [0.29, 0.717) is 61.3 Å². The van der Waals surface area contributed by atoms with Gasteiger partial charge in [0.2, 0.25) is 20.0 Å². The van der Waals surface area contributed by atoms with Gasteiger partial charge in [0.05, 0.1) is 22.7 Å². The summed E-state index contributed by atoms with van der Waals surface area (Å²) in [5, 5.41) is 23.4. The third-order valence-electron chi connectivity index (χ3n) is 7.58. The van der Waals surface area contributed by atoms with Crippen LogP contribution in [0.15, 0.2) is 52.5 Å². The number of aliphatic hydroxyl groups excluding tert-OH is 1. The Kier molecular flexibility index (Phi) is 8.35.